The first-order valence-electron chi connectivity index (χ1n) is 7.18. The van der Waals surface area contributed by atoms with Crippen molar-refractivity contribution in [2.45, 2.75) is 13.8 Å². The van der Waals surface area contributed by atoms with E-state index in [1.807, 2.05) is 13.8 Å². The monoisotopic (exact) mass is 369 g/mol. The van der Waals surface area contributed by atoms with Crippen LogP contribution in [0.25, 0.3) is 11.5 Å². The molecule has 0 spiro atoms. The Morgan fingerprint density at radius 1 is 1.33 bits per heavy atom. The zero-order chi connectivity index (χ0) is 17.7. The maximum Gasteiger partial charge on any atom is 0.337 e. The fourth-order valence-electron chi connectivity index (χ4n) is 2.14. The number of nitrogens with zero attached hydrogens (tertiary/aromatic N) is 3. The molecule has 6 nitrogen and oxygen atoms in total. The molecule has 0 radical (unpaired) electrons. The molecule has 0 bridgehead atoms. The summed E-state index contributed by atoms with van der Waals surface area (Å²) in [6.45, 7) is 3.72. The highest BCUT2D eigenvalue weighted by atomic mass is 35.5. The zero-order valence-electron chi connectivity index (χ0n) is 13.5. The van der Waals surface area contributed by atoms with Gasteiger partial charge in [0.05, 0.1) is 10.7 Å². The average Bonchev–Trinajstić information content (AvgIpc) is 3.00. The summed E-state index contributed by atoms with van der Waals surface area (Å²) >= 11 is 12.3. The summed E-state index contributed by atoms with van der Waals surface area (Å²) in [5.41, 5.74) is 1.17. The van der Waals surface area contributed by atoms with E-state index in [1.54, 1.807) is 22.9 Å². The van der Waals surface area contributed by atoms with Crippen LogP contribution in [0.4, 0.5) is 0 Å². The van der Waals surface area contributed by atoms with Gasteiger partial charge in [0.2, 0.25) is 0 Å². The Morgan fingerprint density at radius 2 is 2.08 bits per heavy atom. The van der Waals surface area contributed by atoms with Crippen LogP contribution in [0, 0.1) is 5.92 Å². The van der Waals surface area contributed by atoms with Crippen molar-refractivity contribution < 1.29 is 14.3 Å². The summed E-state index contributed by atoms with van der Waals surface area (Å²) in [5.74, 6) is -0.278. The Balaban J connectivity index is 2.64. The Labute approximate surface area is 150 Å². The summed E-state index contributed by atoms with van der Waals surface area (Å²) in [7, 11) is 1.42. The summed E-state index contributed by atoms with van der Waals surface area (Å²) in [5, 5.41) is 4.99. The molecule has 0 N–H and O–H groups in total. The number of hydrogen-bond acceptors (Lipinski definition) is 5. The normalized spacial score (nSPS) is 12.2. The first kappa shape index (κ1) is 18.4. The predicted octanol–water partition coefficient (Wildman–Crippen LogP) is 3.76. The summed E-state index contributed by atoms with van der Waals surface area (Å²) in [6.07, 6.45) is 2.93. The third-order valence-corrected chi connectivity index (χ3v) is 3.65. The Kier molecular flexibility index (Phi) is 6.36. The molecule has 1 aromatic heterocycles. The fraction of sp³-hybridized carbons (Fsp3) is 0.312. The topological polar surface area (TPSA) is 66.2 Å². The van der Waals surface area contributed by atoms with Gasteiger partial charge in [0.1, 0.15) is 19.3 Å². The van der Waals surface area contributed by atoms with Crippen molar-refractivity contribution >= 4 is 40.6 Å². The number of halogens is 2. The second-order valence-electron chi connectivity index (χ2n) is 5.24. The van der Waals surface area contributed by atoms with E-state index in [4.69, 9.17) is 32.7 Å². The number of allylic oxidation sites excluding steroid dienone is 1. The fourth-order valence-corrected chi connectivity index (χ4v) is 2.64. The van der Waals surface area contributed by atoms with E-state index in [2.05, 4.69) is 10.1 Å². The molecule has 1 heterocycles. The molecule has 2 rings (SSSR count). The molecule has 0 aliphatic rings. The number of ether oxygens (including phenoxy) is 2. The van der Waals surface area contributed by atoms with Crippen molar-refractivity contribution in [1.82, 2.24) is 14.8 Å². The average molecular weight is 370 g/mol. The molecule has 0 saturated heterocycles. The maximum atomic E-state index is 12.0. The van der Waals surface area contributed by atoms with Crippen molar-refractivity contribution in [3.05, 3.63) is 46.5 Å². The van der Waals surface area contributed by atoms with Gasteiger partial charge in [-0.2, -0.15) is 5.10 Å². The first-order chi connectivity index (χ1) is 11.4. The van der Waals surface area contributed by atoms with E-state index < -0.39 is 5.97 Å². The molecule has 0 unspecified atom stereocenters. The van der Waals surface area contributed by atoms with Gasteiger partial charge in [0.15, 0.2) is 5.76 Å². The molecule has 0 saturated carbocycles. The third-order valence-electron chi connectivity index (χ3n) is 3.10. The van der Waals surface area contributed by atoms with Gasteiger partial charge in [0.25, 0.3) is 0 Å². The largest absolute Gasteiger partial charge is 0.422 e. The highest BCUT2D eigenvalue weighted by Gasteiger charge is 2.22. The van der Waals surface area contributed by atoms with Gasteiger partial charge in [0, 0.05) is 17.7 Å². The van der Waals surface area contributed by atoms with Crippen molar-refractivity contribution in [3.63, 3.8) is 0 Å². The van der Waals surface area contributed by atoms with Crippen LogP contribution in [0.2, 0.25) is 10.0 Å². The molecule has 0 aliphatic carbocycles. The van der Waals surface area contributed by atoms with E-state index in [1.165, 1.54) is 19.8 Å². The molecule has 1 aromatic carbocycles. The number of hydrogen-bond donors (Lipinski definition) is 0. The lowest BCUT2D eigenvalue weighted by Gasteiger charge is -2.19. The van der Waals surface area contributed by atoms with Crippen molar-refractivity contribution in [2.75, 3.05) is 13.7 Å². The molecule has 8 heteroatoms. The van der Waals surface area contributed by atoms with Crippen molar-refractivity contribution in [2.24, 2.45) is 5.92 Å². The van der Waals surface area contributed by atoms with Gasteiger partial charge in [-0.25, -0.2) is 14.5 Å². The molecule has 128 valence electrons. The summed E-state index contributed by atoms with van der Waals surface area (Å²) in [6, 6.07) is 4.95. The van der Waals surface area contributed by atoms with Crippen LogP contribution in [-0.4, -0.2) is 34.5 Å². The molecular weight excluding hydrogens is 353 g/mol. The van der Waals surface area contributed by atoms with Gasteiger partial charge >= 0.3 is 5.97 Å². The molecule has 0 aliphatic heterocycles. The van der Waals surface area contributed by atoms with Gasteiger partial charge in [-0.3, -0.25) is 0 Å². The quantitative estimate of drug-likeness (QED) is 0.572. The second kappa shape index (κ2) is 8.28. The van der Waals surface area contributed by atoms with E-state index in [-0.39, 0.29) is 12.5 Å². The zero-order valence-corrected chi connectivity index (χ0v) is 15.0. The Bertz CT molecular complexity index is 743. The van der Waals surface area contributed by atoms with Crippen LogP contribution in [0.3, 0.4) is 0 Å². The number of rotatable bonds is 6. The minimum Gasteiger partial charge on any atom is -0.422 e. The molecule has 2 aromatic rings. The SMILES string of the molecule is COCC(=O)O/C(=C(/C(C)C)n1cncn1)c1ccc(Cl)cc1Cl. The van der Waals surface area contributed by atoms with Crippen LogP contribution in [0.15, 0.2) is 30.9 Å². The molecule has 0 atom stereocenters. The number of esters is 1. The van der Waals surface area contributed by atoms with E-state index in [9.17, 15) is 4.79 Å². The maximum absolute atomic E-state index is 12.0. The van der Waals surface area contributed by atoms with Gasteiger partial charge in [-0.15, -0.1) is 0 Å². The van der Waals surface area contributed by atoms with Crippen LogP contribution >= 0.6 is 23.2 Å². The van der Waals surface area contributed by atoms with Crippen LogP contribution < -0.4 is 0 Å². The van der Waals surface area contributed by atoms with Crippen LogP contribution in [0.5, 0.6) is 0 Å². The lowest BCUT2D eigenvalue weighted by molar-refractivity contribution is -0.140. The Hall–Kier alpha value is -1.89. The minimum absolute atomic E-state index is 0.0243. The number of benzene rings is 1. The molecule has 0 fully saturated rings. The van der Waals surface area contributed by atoms with E-state index in [0.717, 1.165) is 0 Å². The molecular formula is C16H17Cl2N3O3. The third kappa shape index (κ3) is 4.35. The van der Waals surface area contributed by atoms with E-state index in [0.29, 0.717) is 27.1 Å². The van der Waals surface area contributed by atoms with Gasteiger partial charge in [-0.1, -0.05) is 37.0 Å². The van der Waals surface area contributed by atoms with E-state index >= 15 is 0 Å². The van der Waals surface area contributed by atoms with Gasteiger partial charge < -0.3 is 9.47 Å². The standard InChI is InChI=1S/C16H17Cl2N3O3/c1-10(2)15(21-9-19-8-20-21)16(24-14(22)7-23-3)12-5-4-11(17)6-13(12)18/h4-6,8-10H,7H2,1-3H3/b16-15-. The smallest absolute Gasteiger partial charge is 0.337 e. The second-order valence-corrected chi connectivity index (χ2v) is 6.08. The number of aromatic nitrogens is 3. The Morgan fingerprint density at radius 3 is 2.62 bits per heavy atom. The highest BCUT2D eigenvalue weighted by molar-refractivity contribution is 6.35. The van der Waals surface area contributed by atoms with Gasteiger partial charge in [-0.05, 0) is 24.1 Å². The van der Waals surface area contributed by atoms with Crippen LogP contribution in [-0.2, 0) is 14.3 Å². The predicted molar refractivity (Wildman–Crippen MR) is 92.4 cm³/mol. The first-order valence-corrected chi connectivity index (χ1v) is 7.93. The van der Waals surface area contributed by atoms with Crippen molar-refractivity contribution in [1.29, 1.82) is 0 Å². The highest BCUT2D eigenvalue weighted by Crippen LogP contribution is 2.34. The van der Waals surface area contributed by atoms with Crippen molar-refractivity contribution in [3.8, 4) is 0 Å². The summed E-state index contributed by atoms with van der Waals surface area (Å²) in [4.78, 5) is 16.0. The lowest BCUT2D eigenvalue weighted by Crippen LogP contribution is -2.15. The molecule has 0 amide bonds. The lowest BCUT2D eigenvalue weighted by atomic mass is 10.0. The number of methoxy groups -OCH3 is 1. The number of carbonyl (C=O) groups excluding carboxylic acids is 1. The minimum atomic E-state index is -0.545. The summed E-state index contributed by atoms with van der Waals surface area (Å²) < 4.78 is 11.9. The number of carbonyl (C=O) groups is 1. The molecule has 24 heavy (non-hydrogen) atoms. The van der Waals surface area contributed by atoms with Crippen LogP contribution in [0.1, 0.15) is 19.4 Å².